The molecule has 1 saturated carbocycles. The molecule has 2 unspecified atom stereocenters. The lowest BCUT2D eigenvalue weighted by molar-refractivity contribution is -0.149. The van der Waals surface area contributed by atoms with E-state index < -0.39 is 17.1 Å². The van der Waals surface area contributed by atoms with Crippen molar-refractivity contribution in [2.45, 2.75) is 98.7 Å². The minimum absolute atomic E-state index is 0.0835. The van der Waals surface area contributed by atoms with E-state index in [9.17, 15) is 9.59 Å². The third-order valence-electron chi connectivity index (χ3n) is 8.16. The quantitative estimate of drug-likeness (QED) is 0.188. The fourth-order valence-electron chi connectivity index (χ4n) is 5.82. The van der Waals surface area contributed by atoms with Crippen molar-refractivity contribution in [3.8, 4) is 5.75 Å². The van der Waals surface area contributed by atoms with Crippen molar-refractivity contribution in [3.05, 3.63) is 64.3 Å². The molecular weight excluding hydrogens is 476 g/mol. The lowest BCUT2D eigenvalue weighted by atomic mass is 9.67. The van der Waals surface area contributed by atoms with Crippen molar-refractivity contribution in [1.29, 1.82) is 0 Å². The van der Waals surface area contributed by atoms with Crippen LogP contribution in [0.2, 0.25) is 0 Å². The zero-order valence-corrected chi connectivity index (χ0v) is 24.6. The topological polar surface area (TPSA) is 61.8 Å². The van der Waals surface area contributed by atoms with Crippen LogP contribution in [0.1, 0.15) is 97.3 Å². The maximum atomic E-state index is 13.1. The summed E-state index contributed by atoms with van der Waals surface area (Å²) in [6.45, 7) is 14.2. The molecule has 1 fully saturated rings. The van der Waals surface area contributed by atoms with Gasteiger partial charge >= 0.3 is 5.97 Å². The molecule has 0 saturated heterocycles. The molecule has 0 aromatic heterocycles. The first-order chi connectivity index (χ1) is 17.9. The van der Waals surface area contributed by atoms with Gasteiger partial charge in [-0.1, -0.05) is 43.8 Å². The largest absolute Gasteiger partial charge is 0.494 e. The van der Waals surface area contributed by atoms with Crippen LogP contribution in [0, 0.1) is 11.3 Å². The maximum absolute atomic E-state index is 13.1. The molecule has 5 nitrogen and oxygen atoms in total. The van der Waals surface area contributed by atoms with Crippen LogP contribution in [0.4, 0.5) is 0 Å². The van der Waals surface area contributed by atoms with E-state index >= 15 is 0 Å². The number of ether oxygens (including phenoxy) is 3. The predicted molar refractivity (Wildman–Crippen MR) is 152 cm³/mol. The Morgan fingerprint density at radius 1 is 1.03 bits per heavy atom. The summed E-state index contributed by atoms with van der Waals surface area (Å²) in [6.07, 6.45) is 10.9. The van der Waals surface area contributed by atoms with Crippen molar-refractivity contribution < 1.29 is 23.8 Å². The summed E-state index contributed by atoms with van der Waals surface area (Å²) in [6, 6.07) is 7.38. The van der Waals surface area contributed by atoms with E-state index in [-0.39, 0.29) is 11.8 Å². The van der Waals surface area contributed by atoms with Gasteiger partial charge in [0.1, 0.15) is 11.4 Å². The van der Waals surface area contributed by atoms with Gasteiger partial charge in [-0.2, -0.15) is 0 Å². The molecule has 0 radical (unpaired) electrons. The Morgan fingerprint density at radius 3 is 2.24 bits per heavy atom. The standard InChI is InChI=1S/C33H46O5/c1-22-24(3)33(7,30(36-8)23(2)29(22)31(35)38-32(4,5)6)20-18-28(34)26-14-16-27(17-15-26)37-21-19-25-12-10-9-11-13-25/h14-18,20,25,30H,9-13,19,21H2,1-8H3. The second-order valence-corrected chi connectivity index (χ2v) is 12.1. The van der Waals surface area contributed by atoms with Crippen molar-refractivity contribution in [2.75, 3.05) is 13.7 Å². The second kappa shape index (κ2) is 12.5. The van der Waals surface area contributed by atoms with Gasteiger partial charge in [-0.05, 0) is 102 Å². The van der Waals surface area contributed by atoms with Gasteiger partial charge < -0.3 is 14.2 Å². The van der Waals surface area contributed by atoms with Gasteiger partial charge in [0.25, 0.3) is 0 Å². The van der Waals surface area contributed by atoms with Crippen LogP contribution in [-0.4, -0.2) is 37.2 Å². The lowest BCUT2D eigenvalue weighted by Crippen LogP contribution is -2.40. The smallest absolute Gasteiger partial charge is 0.338 e. The maximum Gasteiger partial charge on any atom is 0.338 e. The fourth-order valence-corrected chi connectivity index (χ4v) is 5.82. The molecule has 2 aliphatic rings. The molecular formula is C33H46O5. The van der Waals surface area contributed by atoms with Gasteiger partial charge in [0.2, 0.25) is 0 Å². The van der Waals surface area contributed by atoms with Crippen LogP contribution in [0.3, 0.4) is 0 Å². The van der Waals surface area contributed by atoms with Gasteiger partial charge in [0, 0.05) is 18.1 Å². The molecule has 0 N–H and O–H groups in total. The van der Waals surface area contributed by atoms with E-state index in [1.807, 2.05) is 78.8 Å². The summed E-state index contributed by atoms with van der Waals surface area (Å²) in [5, 5.41) is 0. The predicted octanol–water partition coefficient (Wildman–Crippen LogP) is 7.80. The van der Waals surface area contributed by atoms with Crippen LogP contribution in [0.15, 0.2) is 58.7 Å². The van der Waals surface area contributed by atoms with E-state index in [2.05, 4.69) is 0 Å². The highest BCUT2D eigenvalue weighted by atomic mass is 16.6. The van der Waals surface area contributed by atoms with Crippen LogP contribution < -0.4 is 4.74 Å². The minimum Gasteiger partial charge on any atom is -0.494 e. The molecule has 5 heteroatoms. The third-order valence-corrected chi connectivity index (χ3v) is 8.16. The molecule has 0 aliphatic heterocycles. The summed E-state index contributed by atoms with van der Waals surface area (Å²) in [5.74, 6) is 1.15. The molecule has 38 heavy (non-hydrogen) atoms. The fraction of sp³-hybridized carbons (Fsp3) is 0.576. The van der Waals surface area contributed by atoms with Crippen molar-refractivity contribution in [2.24, 2.45) is 11.3 Å². The number of carbonyl (C=O) groups is 2. The Labute approximate surface area is 229 Å². The first-order valence-corrected chi connectivity index (χ1v) is 14.0. The Balaban J connectivity index is 1.71. The lowest BCUT2D eigenvalue weighted by Gasteiger charge is -2.42. The summed E-state index contributed by atoms with van der Waals surface area (Å²) >= 11 is 0. The van der Waals surface area contributed by atoms with Crippen LogP contribution in [0.25, 0.3) is 0 Å². The number of carbonyl (C=O) groups excluding carboxylic acids is 2. The molecule has 1 aromatic rings. The number of esters is 1. The molecule has 0 heterocycles. The highest BCUT2D eigenvalue weighted by molar-refractivity contribution is 6.04. The molecule has 0 bridgehead atoms. The molecule has 2 atom stereocenters. The second-order valence-electron chi connectivity index (χ2n) is 12.1. The molecule has 3 rings (SSSR count). The number of ketones is 1. The Kier molecular flexibility index (Phi) is 9.80. The molecule has 2 aliphatic carbocycles. The Hall–Kier alpha value is -2.66. The summed E-state index contributed by atoms with van der Waals surface area (Å²) < 4.78 is 17.5. The molecule has 0 amide bonds. The zero-order chi connectivity index (χ0) is 28.1. The molecule has 1 aromatic carbocycles. The zero-order valence-electron chi connectivity index (χ0n) is 24.6. The van der Waals surface area contributed by atoms with E-state index in [0.29, 0.717) is 11.1 Å². The van der Waals surface area contributed by atoms with Crippen molar-refractivity contribution in [3.63, 3.8) is 0 Å². The van der Waals surface area contributed by atoms with Gasteiger partial charge in [-0.3, -0.25) is 4.79 Å². The van der Waals surface area contributed by atoms with Gasteiger partial charge in [-0.25, -0.2) is 4.79 Å². The molecule has 208 valence electrons. The first-order valence-electron chi connectivity index (χ1n) is 14.0. The highest BCUT2D eigenvalue weighted by Crippen LogP contribution is 2.46. The third kappa shape index (κ3) is 7.05. The van der Waals surface area contributed by atoms with Crippen LogP contribution >= 0.6 is 0 Å². The number of rotatable bonds is 9. The molecule has 0 spiro atoms. The average Bonchev–Trinajstić information content (AvgIpc) is 2.86. The number of methoxy groups -OCH3 is 1. The normalized spacial score (nSPS) is 23.2. The average molecular weight is 523 g/mol. The van der Waals surface area contributed by atoms with E-state index in [1.165, 1.54) is 32.1 Å². The minimum atomic E-state index is -0.593. The number of hydrogen-bond acceptors (Lipinski definition) is 5. The van der Waals surface area contributed by atoms with Crippen molar-refractivity contribution >= 4 is 11.8 Å². The highest BCUT2D eigenvalue weighted by Gasteiger charge is 2.43. The Bertz CT molecular complexity index is 1090. The van der Waals surface area contributed by atoms with E-state index in [0.717, 1.165) is 41.4 Å². The summed E-state index contributed by atoms with van der Waals surface area (Å²) in [5.41, 5.74) is 2.62. The number of benzene rings is 1. The first kappa shape index (κ1) is 29.9. The number of allylic oxidation sites excluding steroid dienone is 1. The van der Waals surface area contributed by atoms with Gasteiger partial charge in [0.05, 0.1) is 18.3 Å². The van der Waals surface area contributed by atoms with Gasteiger partial charge in [0.15, 0.2) is 5.78 Å². The monoisotopic (exact) mass is 522 g/mol. The van der Waals surface area contributed by atoms with E-state index in [4.69, 9.17) is 14.2 Å². The van der Waals surface area contributed by atoms with Gasteiger partial charge in [-0.15, -0.1) is 0 Å². The number of hydrogen-bond donors (Lipinski definition) is 0. The van der Waals surface area contributed by atoms with Crippen molar-refractivity contribution in [1.82, 2.24) is 0 Å². The Morgan fingerprint density at radius 2 is 1.66 bits per heavy atom. The summed E-state index contributed by atoms with van der Waals surface area (Å²) in [4.78, 5) is 26.1. The SMILES string of the molecule is COC1C(C)=C(C(=O)OC(C)(C)C)C(C)=C(C)C1(C)C=CC(=O)c1ccc(OCCC2CCCCC2)cc1. The summed E-state index contributed by atoms with van der Waals surface area (Å²) in [7, 11) is 1.63. The van der Waals surface area contributed by atoms with Crippen LogP contribution in [-0.2, 0) is 14.3 Å². The van der Waals surface area contributed by atoms with Crippen LogP contribution in [0.5, 0.6) is 5.75 Å². The van der Waals surface area contributed by atoms with E-state index in [1.54, 1.807) is 13.2 Å².